The molecule has 3 heteroatoms. The van der Waals surface area contributed by atoms with Crippen molar-refractivity contribution in [1.29, 1.82) is 0 Å². The Morgan fingerprint density at radius 3 is 2.30 bits per heavy atom. The van der Waals surface area contributed by atoms with Gasteiger partial charge in [-0.1, -0.05) is 60.7 Å². The van der Waals surface area contributed by atoms with E-state index in [-0.39, 0.29) is 6.04 Å². The Balaban J connectivity index is 1.78. The summed E-state index contributed by atoms with van der Waals surface area (Å²) in [5, 5.41) is 6.88. The lowest BCUT2D eigenvalue weighted by molar-refractivity contribution is 0.614. The molecule has 0 aliphatic carbocycles. The summed E-state index contributed by atoms with van der Waals surface area (Å²) in [6.45, 7) is 0. The average molecular weight is 280 g/mol. The molecule has 0 saturated heterocycles. The lowest BCUT2D eigenvalue weighted by Gasteiger charge is -2.27. The van der Waals surface area contributed by atoms with Crippen LogP contribution in [0.3, 0.4) is 0 Å². The van der Waals surface area contributed by atoms with Crippen LogP contribution in [0.25, 0.3) is 0 Å². The summed E-state index contributed by atoms with van der Waals surface area (Å²) < 4.78 is 0. The van der Waals surface area contributed by atoms with Gasteiger partial charge >= 0.3 is 0 Å². The second-order valence-electron chi connectivity index (χ2n) is 4.83. The second-order valence-corrected chi connectivity index (χ2v) is 5.35. The monoisotopic (exact) mass is 280 g/mol. The van der Waals surface area contributed by atoms with Crippen LogP contribution in [0, 0.1) is 0 Å². The predicted molar refractivity (Wildman–Crippen MR) is 87.7 cm³/mol. The van der Waals surface area contributed by atoms with Gasteiger partial charge in [-0.25, -0.2) is 0 Å². The molecule has 100 valence electrons. The zero-order valence-electron chi connectivity index (χ0n) is 11.0. The summed E-state index contributed by atoms with van der Waals surface area (Å²) in [7, 11) is 0. The topological polar surface area (TPSA) is 24.1 Å². The molecule has 0 aromatic heterocycles. The molecule has 1 heterocycles. The quantitative estimate of drug-likeness (QED) is 0.830. The van der Waals surface area contributed by atoms with Crippen LogP contribution < -0.4 is 10.6 Å². The summed E-state index contributed by atoms with van der Waals surface area (Å²) >= 11 is 5.42. The van der Waals surface area contributed by atoms with Gasteiger partial charge in [-0.2, -0.15) is 0 Å². The van der Waals surface area contributed by atoms with E-state index >= 15 is 0 Å². The molecule has 1 atom stereocenters. The Labute approximate surface area is 124 Å². The molecule has 3 rings (SSSR count). The van der Waals surface area contributed by atoms with Crippen molar-refractivity contribution < 1.29 is 0 Å². The Morgan fingerprint density at radius 2 is 1.60 bits per heavy atom. The first kappa shape index (κ1) is 12.9. The van der Waals surface area contributed by atoms with Gasteiger partial charge in [0.1, 0.15) is 5.82 Å². The maximum absolute atomic E-state index is 5.42. The fraction of sp³-hybridized carbons (Fsp3) is 0.118. The van der Waals surface area contributed by atoms with E-state index in [1.807, 2.05) is 42.5 Å². The molecule has 0 saturated carbocycles. The van der Waals surface area contributed by atoms with Crippen LogP contribution in [-0.4, -0.2) is 4.86 Å². The van der Waals surface area contributed by atoms with Gasteiger partial charge in [0.15, 0.2) is 0 Å². The first-order chi connectivity index (χ1) is 9.81. The number of rotatable bonds is 3. The predicted octanol–water partition coefficient (Wildman–Crippen LogP) is 4.04. The minimum atomic E-state index is 0.236. The van der Waals surface area contributed by atoms with E-state index in [9.17, 15) is 0 Å². The molecule has 2 aromatic rings. The molecule has 2 aromatic carbocycles. The maximum atomic E-state index is 5.42. The van der Waals surface area contributed by atoms with Crippen molar-refractivity contribution in [3.8, 4) is 0 Å². The van der Waals surface area contributed by atoms with Gasteiger partial charge in [0.05, 0.1) is 6.04 Å². The first-order valence-corrected chi connectivity index (χ1v) is 7.10. The van der Waals surface area contributed by atoms with Crippen molar-refractivity contribution in [2.24, 2.45) is 0 Å². The van der Waals surface area contributed by atoms with Crippen molar-refractivity contribution in [2.45, 2.75) is 12.5 Å². The molecule has 1 aliphatic heterocycles. The summed E-state index contributed by atoms with van der Waals surface area (Å²) in [4.78, 5) is 0.969. The largest absolute Gasteiger partial charge is 0.364 e. The number of nitrogens with one attached hydrogen (secondary N) is 2. The number of hydrogen-bond donors (Lipinski definition) is 2. The first-order valence-electron chi connectivity index (χ1n) is 6.69. The van der Waals surface area contributed by atoms with Gasteiger partial charge in [-0.15, -0.1) is 0 Å². The molecule has 0 fully saturated rings. The molecule has 2 N–H and O–H groups in total. The normalized spacial score (nSPS) is 18.1. The molecule has 0 radical (unpaired) electrons. The van der Waals surface area contributed by atoms with Crippen molar-refractivity contribution >= 4 is 22.8 Å². The van der Waals surface area contributed by atoms with Crippen molar-refractivity contribution in [3.05, 3.63) is 78.1 Å². The third kappa shape index (κ3) is 3.06. The smallest absolute Gasteiger partial charge is 0.105 e. The molecule has 0 bridgehead atoms. The number of hydrogen-bond acceptors (Lipinski definition) is 3. The van der Waals surface area contributed by atoms with Gasteiger partial charge in [0.25, 0.3) is 0 Å². The van der Waals surface area contributed by atoms with Gasteiger partial charge in [0, 0.05) is 17.0 Å². The maximum Gasteiger partial charge on any atom is 0.105 e. The van der Waals surface area contributed by atoms with Crippen LogP contribution >= 0.6 is 12.2 Å². The highest BCUT2D eigenvalue weighted by Crippen LogP contribution is 2.23. The van der Waals surface area contributed by atoms with E-state index < -0.39 is 0 Å². The standard InChI is InChI=1S/C17H16N2S/c20-15-11-16(13-7-3-1-4-8-13)19-17(12-15)18-14-9-5-2-6-10-14/h1-10,12,16,18-19H,11H2. The van der Waals surface area contributed by atoms with Gasteiger partial charge in [0.2, 0.25) is 0 Å². The highest BCUT2D eigenvalue weighted by atomic mass is 32.1. The van der Waals surface area contributed by atoms with E-state index in [0.717, 1.165) is 22.8 Å². The van der Waals surface area contributed by atoms with Crippen molar-refractivity contribution in [1.82, 2.24) is 5.32 Å². The molecule has 2 nitrogen and oxygen atoms in total. The van der Waals surface area contributed by atoms with Crippen LogP contribution in [0.4, 0.5) is 5.69 Å². The molecule has 1 aliphatic rings. The molecule has 20 heavy (non-hydrogen) atoms. The van der Waals surface area contributed by atoms with Crippen LogP contribution in [-0.2, 0) is 0 Å². The highest BCUT2D eigenvalue weighted by molar-refractivity contribution is 7.80. The molecular weight excluding hydrogens is 264 g/mol. The van der Waals surface area contributed by atoms with E-state index in [1.165, 1.54) is 5.56 Å². The zero-order chi connectivity index (χ0) is 13.8. The Hall–Kier alpha value is -2.13. The lowest BCUT2D eigenvalue weighted by atomic mass is 9.99. The molecular formula is C17H16N2S. The van der Waals surface area contributed by atoms with Gasteiger partial charge < -0.3 is 10.6 Å². The molecule has 1 unspecified atom stereocenters. The minimum absolute atomic E-state index is 0.236. The van der Waals surface area contributed by atoms with Crippen LogP contribution in [0.5, 0.6) is 0 Å². The van der Waals surface area contributed by atoms with Crippen molar-refractivity contribution in [3.63, 3.8) is 0 Å². The van der Waals surface area contributed by atoms with Gasteiger partial charge in [-0.3, -0.25) is 0 Å². The molecule has 0 amide bonds. The van der Waals surface area contributed by atoms with Crippen LogP contribution in [0.1, 0.15) is 18.0 Å². The SMILES string of the molecule is S=C1C=C(Nc2ccccc2)NC(c2ccccc2)C1. The highest BCUT2D eigenvalue weighted by Gasteiger charge is 2.18. The van der Waals surface area contributed by atoms with Crippen LogP contribution in [0.15, 0.2) is 72.6 Å². The Bertz CT molecular complexity index is 620. The summed E-state index contributed by atoms with van der Waals surface area (Å²) in [5.41, 5.74) is 2.32. The average Bonchev–Trinajstić information content (AvgIpc) is 2.49. The number of benzene rings is 2. The lowest BCUT2D eigenvalue weighted by Crippen LogP contribution is -2.31. The minimum Gasteiger partial charge on any atom is -0.364 e. The summed E-state index contributed by atoms with van der Waals surface area (Å²) in [6, 6.07) is 20.8. The van der Waals surface area contributed by atoms with E-state index in [2.05, 4.69) is 34.9 Å². The third-order valence-electron chi connectivity index (χ3n) is 3.30. The Kier molecular flexibility index (Phi) is 3.79. The fourth-order valence-corrected chi connectivity index (χ4v) is 2.62. The number of thiocarbonyl (C=S) groups is 1. The van der Waals surface area contributed by atoms with E-state index in [0.29, 0.717) is 0 Å². The number of anilines is 1. The fourth-order valence-electron chi connectivity index (χ4n) is 2.34. The Morgan fingerprint density at radius 1 is 0.950 bits per heavy atom. The number of para-hydroxylation sites is 1. The van der Waals surface area contributed by atoms with Crippen LogP contribution in [0.2, 0.25) is 0 Å². The van der Waals surface area contributed by atoms with E-state index in [1.54, 1.807) is 0 Å². The summed E-state index contributed by atoms with van der Waals surface area (Å²) in [6.07, 6.45) is 2.86. The third-order valence-corrected chi connectivity index (χ3v) is 3.58. The second kappa shape index (κ2) is 5.88. The van der Waals surface area contributed by atoms with Crippen molar-refractivity contribution in [2.75, 3.05) is 5.32 Å². The van der Waals surface area contributed by atoms with E-state index in [4.69, 9.17) is 12.2 Å². The molecule has 0 spiro atoms. The van der Waals surface area contributed by atoms with Gasteiger partial charge in [-0.05, 0) is 23.8 Å². The zero-order valence-corrected chi connectivity index (χ0v) is 11.9. The number of allylic oxidation sites excluding steroid dienone is 1. The summed E-state index contributed by atoms with van der Waals surface area (Å²) in [5.74, 6) is 0.960.